The predicted octanol–water partition coefficient (Wildman–Crippen LogP) is 5.73. The van der Waals surface area contributed by atoms with Crippen molar-refractivity contribution in [3.63, 3.8) is 0 Å². The van der Waals surface area contributed by atoms with Crippen molar-refractivity contribution in [1.29, 1.82) is 0 Å². The first-order chi connectivity index (χ1) is 9.65. The molecule has 0 bridgehead atoms. The second kappa shape index (κ2) is 12.1. The molecule has 0 saturated heterocycles. The Hall–Kier alpha value is -0.534. The van der Waals surface area contributed by atoms with E-state index in [0.717, 1.165) is 0 Å². The van der Waals surface area contributed by atoms with Gasteiger partial charge < -0.3 is 0 Å². The average molecular weight is 295 g/mol. The summed E-state index contributed by atoms with van der Waals surface area (Å²) in [5.74, 6) is 0. The van der Waals surface area contributed by atoms with Gasteiger partial charge in [0.15, 0.2) is 0 Å². The summed E-state index contributed by atoms with van der Waals surface area (Å²) < 4.78 is 0. The van der Waals surface area contributed by atoms with Gasteiger partial charge in [-0.2, -0.15) is 35.4 Å². The molecule has 0 aromatic heterocycles. The third-order valence-electron chi connectivity index (χ3n) is 3.58. The molecule has 21 heavy (non-hydrogen) atoms. The summed E-state index contributed by atoms with van der Waals surface area (Å²) in [6.07, 6.45) is 7.75. The van der Waals surface area contributed by atoms with E-state index in [9.17, 15) is 0 Å². The van der Waals surface area contributed by atoms with Crippen LogP contribution in [-0.2, 0) is 12.8 Å². The molecule has 0 N–H and O–H groups in total. The van der Waals surface area contributed by atoms with Gasteiger partial charge in [0.25, 0.3) is 0 Å². The number of unbranched alkanes of at least 4 members (excludes halogenated alkanes) is 2. The maximum absolute atomic E-state index is 2.27. The van der Waals surface area contributed by atoms with Gasteiger partial charge in [-0.25, -0.2) is 23.3 Å². The molecule has 0 unspecified atom stereocenters. The van der Waals surface area contributed by atoms with Crippen molar-refractivity contribution in [2.24, 2.45) is 0 Å². The van der Waals surface area contributed by atoms with Gasteiger partial charge in [-0.1, -0.05) is 66.2 Å². The van der Waals surface area contributed by atoms with E-state index in [-0.39, 0.29) is 23.1 Å². The number of hydrogen-bond donors (Lipinski definition) is 0. The van der Waals surface area contributed by atoms with Crippen molar-refractivity contribution in [2.45, 2.75) is 66.2 Å². The van der Waals surface area contributed by atoms with Crippen molar-refractivity contribution in [2.75, 3.05) is 0 Å². The molecule has 112 valence electrons. The Kier molecular flexibility index (Phi) is 11.7. The Morgan fingerprint density at radius 1 is 0.762 bits per heavy atom. The molecule has 0 amide bonds. The van der Waals surface area contributed by atoms with Gasteiger partial charge in [-0.05, 0) is 0 Å². The molecule has 0 aliphatic heterocycles. The molecule has 2 rings (SSSR count). The molecule has 0 aliphatic rings. The fourth-order valence-corrected chi connectivity index (χ4v) is 2.33. The topological polar surface area (TPSA) is 0 Å². The van der Waals surface area contributed by atoms with Gasteiger partial charge in [0.2, 0.25) is 0 Å². The van der Waals surface area contributed by atoms with Crippen LogP contribution in [0.5, 0.6) is 0 Å². The zero-order valence-electron chi connectivity index (χ0n) is 14.4. The SMILES string of the molecule is CCCC[c-]1ccc(C)c1.CCCC[c-]1ccc(C)c1.[Mg+2]. The molecule has 0 nitrogen and oxygen atoms in total. The molecule has 1 heteroatoms. The van der Waals surface area contributed by atoms with Crippen LogP contribution in [0.4, 0.5) is 0 Å². The average Bonchev–Trinajstić information content (AvgIpc) is 3.03. The van der Waals surface area contributed by atoms with Crippen molar-refractivity contribution in [3.05, 3.63) is 58.7 Å². The van der Waals surface area contributed by atoms with Crippen LogP contribution in [0.2, 0.25) is 0 Å². The first kappa shape index (κ1) is 20.5. The van der Waals surface area contributed by atoms with Crippen LogP contribution in [0, 0.1) is 13.8 Å². The fraction of sp³-hybridized carbons (Fsp3) is 0.500. The molecule has 0 heterocycles. The Balaban J connectivity index is 0.000000364. The van der Waals surface area contributed by atoms with E-state index in [4.69, 9.17) is 0 Å². The van der Waals surface area contributed by atoms with Crippen molar-refractivity contribution < 1.29 is 0 Å². The minimum atomic E-state index is 0. The van der Waals surface area contributed by atoms with E-state index in [2.05, 4.69) is 64.1 Å². The second-order valence-electron chi connectivity index (χ2n) is 5.80. The van der Waals surface area contributed by atoms with Crippen molar-refractivity contribution in [1.82, 2.24) is 0 Å². The summed E-state index contributed by atoms with van der Waals surface area (Å²) >= 11 is 0. The van der Waals surface area contributed by atoms with Crippen molar-refractivity contribution >= 4 is 23.1 Å². The van der Waals surface area contributed by atoms with E-state index in [1.807, 2.05) is 0 Å². The smallest absolute Gasteiger partial charge is 0.211 e. The number of rotatable bonds is 6. The minimum Gasteiger partial charge on any atom is -0.211 e. The minimum absolute atomic E-state index is 0. The zero-order valence-corrected chi connectivity index (χ0v) is 15.8. The third kappa shape index (κ3) is 9.16. The molecule has 2 aromatic rings. The van der Waals surface area contributed by atoms with Crippen LogP contribution in [0.3, 0.4) is 0 Å². The van der Waals surface area contributed by atoms with E-state index >= 15 is 0 Å². The van der Waals surface area contributed by atoms with E-state index in [1.54, 1.807) is 0 Å². The summed E-state index contributed by atoms with van der Waals surface area (Å²) in [5.41, 5.74) is 5.79. The van der Waals surface area contributed by atoms with Crippen LogP contribution in [0.15, 0.2) is 36.4 Å². The Labute approximate surface area is 147 Å². The van der Waals surface area contributed by atoms with Crippen LogP contribution >= 0.6 is 0 Å². The Bertz CT molecular complexity index is 417. The van der Waals surface area contributed by atoms with Gasteiger partial charge in [-0.15, -0.1) is 0 Å². The number of aryl methyl sites for hydroxylation is 4. The standard InChI is InChI=1S/2C10H15.Mg/c2*1-3-4-5-10-7-6-9(2)8-10;/h2*6-8H,3-5H2,1-2H3;/q2*-1;+2. The van der Waals surface area contributed by atoms with Crippen LogP contribution in [-0.4, -0.2) is 23.1 Å². The van der Waals surface area contributed by atoms with Gasteiger partial charge in [0.05, 0.1) is 0 Å². The molecule has 0 aliphatic carbocycles. The first-order valence-electron chi connectivity index (χ1n) is 8.10. The predicted molar refractivity (Wildman–Crippen MR) is 96.5 cm³/mol. The molecule has 2 aromatic carbocycles. The summed E-state index contributed by atoms with van der Waals surface area (Å²) in [6.45, 7) is 8.76. The summed E-state index contributed by atoms with van der Waals surface area (Å²) in [4.78, 5) is 0. The van der Waals surface area contributed by atoms with E-state index in [0.29, 0.717) is 0 Å². The Morgan fingerprint density at radius 3 is 1.38 bits per heavy atom. The molecular formula is C20H30Mg. The number of hydrogen-bond acceptors (Lipinski definition) is 0. The monoisotopic (exact) mass is 294 g/mol. The van der Waals surface area contributed by atoms with Gasteiger partial charge >= 0.3 is 23.1 Å². The summed E-state index contributed by atoms with van der Waals surface area (Å²) in [6, 6.07) is 13.4. The normalized spacial score (nSPS) is 9.71. The maximum Gasteiger partial charge on any atom is 2.00 e. The molecule has 0 atom stereocenters. The van der Waals surface area contributed by atoms with Crippen molar-refractivity contribution in [3.8, 4) is 0 Å². The largest absolute Gasteiger partial charge is 2.00 e. The third-order valence-corrected chi connectivity index (χ3v) is 3.58. The zero-order chi connectivity index (χ0) is 14.8. The van der Waals surface area contributed by atoms with Crippen LogP contribution < -0.4 is 0 Å². The molecular weight excluding hydrogens is 265 g/mol. The van der Waals surface area contributed by atoms with Crippen LogP contribution in [0.1, 0.15) is 61.8 Å². The fourth-order valence-electron chi connectivity index (χ4n) is 2.33. The van der Waals surface area contributed by atoms with Gasteiger partial charge in [-0.3, -0.25) is 0 Å². The molecule has 0 fully saturated rings. The van der Waals surface area contributed by atoms with E-state index in [1.165, 1.54) is 60.8 Å². The second-order valence-corrected chi connectivity index (χ2v) is 5.80. The summed E-state index contributed by atoms with van der Waals surface area (Å²) in [7, 11) is 0. The van der Waals surface area contributed by atoms with Crippen LogP contribution in [0.25, 0.3) is 0 Å². The Morgan fingerprint density at radius 2 is 1.14 bits per heavy atom. The molecule has 0 spiro atoms. The quantitative estimate of drug-likeness (QED) is 0.471. The maximum atomic E-state index is 2.27. The van der Waals surface area contributed by atoms with E-state index < -0.39 is 0 Å². The molecule has 0 saturated carbocycles. The molecule has 0 radical (unpaired) electrons. The summed E-state index contributed by atoms with van der Waals surface area (Å²) in [5, 5.41) is 0. The van der Waals surface area contributed by atoms with Gasteiger partial charge in [0, 0.05) is 0 Å². The first-order valence-corrected chi connectivity index (χ1v) is 8.10. The van der Waals surface area contributed by atoms with Gasteiger partial charge in [0.1, 0.15) is 0 Å².